The molecule has 7 heteroatoms. The van der Waals surface area contributed by atoms with Crippen LogP contribution in [0.2, 0.25) is 0 Å². The van der Waals surface area contributed by atoms with Crippen LogP contribution in [0.3, 0.4) is 0 Å². The zero-order valence-corrected chi connectivity index (χ0v) is 10.3. The minimum absolute atomic E-state index is 0.0678. The van der Waals surface area contributed by atoms with Gasteiger partial charge in [0.1, 0.15) is 6.20 Å². The summed E-state index contributed by atoms with van der Waals surface area (Å²) in [6.07, 6.45) is 1.85. The number of nitrogens with zero attached hydrogens (tertiary/aromatic N) is 3. The van der Waals surface area contributed by atoms with Crippen LogP contribution in [0.5, 0.6) is 0 Å². The molecule has 1 aromatic rings. The molecule has 0 aliphatic carbocycles. The lowest BCUT2D eigenvalue weighted by Gasteiger charge is -2.26. The Kier molecular flexibility index (Phi) is 2.90. The lowest BCUT2D eigenvalue weighted by atomic mass is 9.91. The molecule has 0 amide bonds. The Morgan fingerprint density at radius 2 is 2.22 bits per heavy atom. The maximum absolute atomic E-state index is 11.9. The van der Waals surface area contributed by atoms with E-state index in [1.54, 1.807) is 20.9 Å². The molecule has 0 fully saturated rings. The SMILES string of the molecule is CC1=CO[C@H](c2c([N+](=O)[O-])cnn2C)[C@H](C)C1=O. The number of hydrogen-bond donors (Lipinski definition) is 0. The van der Waals surface area contributed by atoms with Gasteiger partial charge < -0.3 is 4.74 Å². The van der Waals surface area contributed by atoms with Gasteiger partial charge in [-0.15, -0.1) is 0 Å². The number of allylic oxidation sites excluding steroid dienone is 1. The van der Waals surface area contributed by atoms with Crippen LogP contribution in [0.1, 0.15) is 25.6 Å². The fourth-order valence-corrected chi connectivity index (χ4v) is 2.06. The number of aromatic nitrogens is 2. The zero-order chi connectivity index (χ0) is 13.4. The predicted molar refractivity (Wildman–Crippen MR) is 61.6 cm³/mol. The first-order valence-corrected chi connectivity index (χ1v) is 5.46. The molecule has 0 saturated heterocycles. The molecule has 1 aliphatic rings. The minimum atomic E-state index is -0.672. The van der Waals surface area contributed by atoms with Crippen molar-refractivity contribution in [3.63, 3.8) is 0 Å². The highest BCUT2D eigenvalue weighted by molar-refractivity contribution is 5.97. The van der Waals surface area contributed by atoms with E-state index in [0.717, 1.165) is 0 Å². The van der Waals surface area contributed by atoms with E-state index < -0.39 is 16.9 Å². The smallest absolute Gasteiger partial charge is 0.314 e. The summed E-state index contributed by atoms with van der Waals surface area (Å²) in [7, 11) is 1.59. The van der Waals surface area contributed by atoms with Crippen molar-refractivity contribution in [2.75, 3.05) is 0 Å². The van der Waals surface area contributed by atoms with Crippen molar-refractivity contribution in [1.82, 2.24) is 9.78 Å². The Morgan fingerprint density at radius 3 is 2.83 bits per heavy atom. The van der Waals surface area contributed by atoms with Gasteiger partial charge in [-0.25, -0.2) is 0 Å². The standard InChI is InChI=1S/C11H13N3O4/c1-6-5-18-11(7(2)10(6)15)9-8(14(16)17)4-12-13(9)3/h4-5,7,11H,1-3H3/t7-,11+/m1/s1. The van der Waals surface area contributed by atoms with Crippen LogP contribution in [0.25, 0.3) is 0 Å². The average Bonchev–Trinajstić information content (AvgIpc) is 2.69. The summed E-state index contributed by atoms with van der Waals surface area (Å²) in [6, 6.07) is 0. The van der Waals surface area contributed by atoms with Crippen LogP contribution in [-0.2, 0) is 16.6 Å². The maximum Gasteiger partial charge on any atom is 0.314 e. The van der Waals surface area contributed by atoms with Gasteiger partial charge in [0.05, 0.1) is 17.1 Å². The van der Waals surface area contributed by atoms with Gasteiger partial charge in [0, 0.05) is 12.6 Å². The van der Waals surface area contributed by atoms with Crippen molar-refractivity contribution in [2.45, 2.75) is 20.0 Å². The van der Waals surface area contributed by atoms with E-state index in [1.165, 1.54) is 17.1 Å². The number of carbonyl (C=O) groups is 1. The molecule has 7 nitrogen and oxygen atoms in total. The molecule has 0 saturated carbocycles. The summed E-state index contributed by atoms with van der Waals surface area (Å²) in [5, 5.41) is 14.8. The Morgan fingerprint density at radius 1 is 1.56 bits per heavy atom. The second kappa shape index (κ2) is 4.25. The molecule has 1 aliphatic heterocycles. The average molecular weight is 251 g/mol. The maximum atomic E-state index is 11.9. The Labute approximate surface area is 103 Å². The molecule has 0 N–H and O–H groups in total. The first kappa shape index (κ1) is 12.3. The number of Topliss-reactive ketones (excluding diaryl/α,β-unsaturated/α-hetero) is 1. The number of hydrogen-bond acceptors (Lipinski definition) is 5. The quantitative estimate of drug-likeness (QED) is 0.587. The van der Waals surface area contributed by atoms with Crippen molar-refractivity contribution >= 4 is 11.5 Å². The fraction of sp³-hybridized carbons (Fsp3) is 0.455. The van der Waals surface area contributed by atoms with Gasteiger partial charge in [0.15, 0.2) is 17.6 Å². The zero-order valence-electron chi connectivity index (χ0n) is 10.3. The monoisotopic (exact) mass is 251 g/mol. The first-order valence-electron chi connectivity index (χ1n) is 5.46. The first-order chi connectivity index (χ1) is 8.43. The number of rotatable bonds is 2. The van der Waals surface area contributed by atoms with Crippen LogP contribution in [0.4, 0.5) is 5.69 Å². The third-order valence-corrected chi connectivity index (χ3v) is 3.08. The van der Waals surface area contributed by atoms with Crippen LogP contribution in [0.15, 0.2) is 18.0 Å². The van der Waals surface area contributed by atoms with Crippen LogP contribution in [-0.4, -0.2) is 20.5 Å². The van der Waals surface area contributed by atoms with Gasteiger partial charge in [-0.3, -0.25) is 19.6 Å². The predicted octanol–water partition coefficient (Wildman–Crippen LogP) is 1.51. The highest BCUT2D eigenvalue weighted by atomic mass is 16.6. The van der Waals surface area contributed by atoms with Crippen LogP contribution in [0, 0.1) is 16.0 Å². The summed E-state index contributed by atoms with van der Waals surface area (Å²) in [5.41, 5.74) is 0.697. The van der Waals surface area contributed by atoms with Gasteiger partial charge in [-0.05, 0) is 6.92 Å². The third-order valence-electron chi connectivity index (χ3n) is 3.08. The van der Waals surface area contributed by atoms with Crippen LogP contribution < -0.4 is 0 Å². The van der Waals surface area contributed by atoms with Crippen molar-refractivity contribution in [1.29, 1.82) is 0 Å². The Hall–Kier alpha value is -2.18. The molecular weight excluding hydrogens is 238 g/mol. The highest BCUT2D eigenvalue weighted by Crippen LogP contribution is 2.36. The van der Waals surface area contributed by atoms with E-state index >= 15 is 0 Å². The molecule has 18 heavy (non-hydrogen) atoms. The van der Waals surface area contributed by atoms with Crippen molar-refractivity contribution in [3.05, 3.63) is 33.8 Å². The van der Waals surface area contributed by atoms with Gasteiger partial charge >= 0.3 is 5.69 Å². The topological polar surface area (TPSA) is 87.3 Å². The molecule has 2 atom stereocenters. The van der Waals surface area contributed by atoms with E-state index in [9.17, 15) is 14.9 Å². The molecule has 2 heterocycles. The lowest BCUT2D eigenvalue weighted by Crippen LogP contribution is -2.27. The fourth-order valence-electron chi connectivity index (χ4n) is 2.06. The molecule has 0 bridgehead atoms. The van der Waals surface area contributed by atoms with Crippen molar-refractivity contribution < 1.29 is 14.5 Å². The number of ketones is 1. The van der Waals surface area contributed by atoms with Crippen LogP contribution >= 0.6 is 0 Å². The molecule has 0 spiro atoms. The highest BCUT2D eigenvalue weighted by Gasteiger charge is 2.37. The van der Waals surface area contributed by atoms with E-state index in [1.807, 2.05) is 0 Å². The molecule has 0 aromatic carbocycles. The van der Waals surface area contributed by atoms with E-state index in [0.29, 0.717) is 11.3 Å². The summed E-state index contributed by atoms with van der Waals surface area (Å²) in [5.74, 6) is -0.536. The van der Waals surface area contributed by atoms with Gasteiger partial charge in [0.2, 0.25) is 0 Å². The summed E-state index contributed by atoms with van der Waals surface area (Å²) in [4.78, 5) is 22.3. The number of aryl methyl sites for hydroxylation is 1. The Balaban J connectivity index is 2.47. The summed E-state index contributed by atoms with van der Waals surface area (Å²) in [6.45, 7) is 3.35. The lowest BCUT2D eigenvalue weighted by molar-refractivity contribution is -0.386. The van der Waals surface area contributed by atoms with E-state index in [2.05, 4.69) is 5.10 Å². The van der Waals surface area contributed by atoms with E-state index in [-0.39, 0.29) is 11.5 Å². The van der Waals surface area contributed by atoms with Gasteiger partial charge in [-0.2, -0.15) is 5.10 Å². The largest absolute Gasteiger partial charge is 0.490 e. The second-order valence-corrected chi connectivity index (χ2v) is 4.31. The number of ether oxygens (including phenoxy) is 1. The summed E-state index contributed by atoms with van der Waals surface area (Å²) < 4.78 is 6.82. The van der Waals surface area contributed by atoms with E-state index in [4.69, 9.17) is 4.74 Å². The second-order valence-electron chi connectivity index (χ2n) is 4.31. The Bertz CT molecular complexity index is 546. The third kappa shape index (κ3) is 1.77. The molecular formula is C11H13N3O4. The molecule has 2 rings (SSSR count). The molecule has 1 aromatic heterocycles. The molecule has 0 radical (unpaired) electrons. The van der Waals surface area contributed by atoms with Gasteiger partial charge in [-0.1, -0.05) is 6.92 Å². The normalized spacial score (nSPS) is 23.5. The number of carbonyl (C=O) groups excluding carboxylic acids is 1. The number of nitro groups is 1. The molecule has 96 valence electrons. The van der Waals surface area contributed by atoms with Crippen molar-refractivity contribution in [2.24, 2.45) is 13.0 Å². The van der Waals surface area contributed by atoms with Crippen molar-refractivity contribution in [3.8, 4) is 0 Å². The van der Waals surface area contributed by atoms with Gasteiger partial charge in [0.25, 0.3) is 0 Å². The minimum Gasteiger partial charge on any atom is -0.490 e. The molecule has 0 unspecified atom stereocenters. The summed E-state index contributed by atoms with van der Waals surface area (Å²) >= 11 is 0.